The van der Waals surface area contributed by atoms with Gasteiger partial charge in [-0.3, -0.25) is 4.98 Å². The normalized spacial score (nSPS) is 25.6. The summed E-state index contributed by atoms with van der Waals surface area (Å²) in [4.78, 5) is 4.26. The van der Waals surface area contributed by atoms with Gasteiger partial charge in [0.05, 0.1) is 28.9 Å². The van der Waals surface area contributed by atoms with E-state index in [1.165, 1.54) is 17.7 Å². The maximum atomic E-state index is 13.3. The van der Waals surface area contributed by atoms with Crippen LogP contribution in [0.2, 0.25) is 0 Å². The number of nitrogens with zero attached hydrogens (tertiary/aromatic N) is 3. The third-order valence-electron chi connectivity index (χ3n) is 6.93. The minimum atomic E-state index is -1.11. The summed E-state index contributed by atoms with van der Waals surface area (Å²) < 4.78 is 22.3. The van der Waals surface area contributed by atoms with Crippen molar-refractivity contribution < 1.29 is 14.2 Å². The van der Waals surface area contributed by atoms with E-state index in [0.29, 0.717) is 5.69 Å². The number of aliphatic hydroxyl groups excluding tert-OH is 1. The second-order valence-corrected chi connectivity index (χ2v) is 9.64. The van der Waals surface area contributed by atoms with Gasteiger partial charge in [0.15, 0.2) is 6.29 Å². The van der Waals surface area contributed by atoms with Crippen LogP contribution in [-0.4, -0.2) is 25.5 Å². The Kier molecular flexibility index (Phi) is 4.88. The first-order chi connectivity index (χ1) is 14.8. The van der Waals surface area contributed by atoms with Crippen molar-refractivity contribution in [3.8, 4) is 5.69 Å². The second-order valence-electron chi connectivity index (χ2n) is 8.72. The summed E-state index contributed by atoms with van der Waals surface area (Å²) in [5.74, 6) is -0.266. The van der Waals surface area contributed by atoms with Gasteiger partial charge in [0.2, 0.25) is 0 Å². The van der Waals surface area contributed by atoms with Crippen LogP contribution < -0.4 is 0 Å². The summed E-state index contributed by atoms with van der Waals surface area (Å²) in [5.41, 5.74) is 3.90. The van der Waals surface area contributed by atoms with E-state index in [1.807, 2.05) is 16.9 Å². The lowest BCUT2D eigenvalue weighted by Gasteiger charge is -2.44. The number of hydrogen-bond acceptors (Lipinski definition) is 4. The lowest BCUT2D eigenvalue weighted by atomic mass is 9.68. The monoisotopic (exact) mass is 483 g/mol. The van der Waals surface area contributed by atoms with E-state index in [4.69, 9.17) is 4.74 Å². The van der Waals surface area contributed by atoms with Gasteiger partial charge in [0.1, 0.15) is 5.82 Å². The van der Waals surface area contributed by atoms with Crippen molar-refractivity contribution >= 4 is 22.0 Å². The van der Waals surface area contributed by atoms with Crippen LogP contribution in [0, 0.1) is 11.2 Å². The van der Waals surface area contributed by atoms with Crippen LogP contribution in [0.3, 0.4) is 0 Å². The molecule has 0 bridgehead atoms. The summed E-state index contributed by atoms with van der Waals surface area (Å²) in [6.07, 6.45) is 7.03. The largest absolute Gasteiger partial charge is 0.363 e. The average Bonchev–Trinajstić information content (AvgIpc) is 3.25. The lowest BCUT2D eigenvalue weighted by molar-refractivity contribution is -0.213. The number of aliphatic hydroxyl groups is 1. The van der Waals surface area contributed by atoms with Crippen LogP contribution in [0.4, 0.5) is 4.39 Å². The Morgan fingerprint density at radius 3 is 2.74 bits per heavy atom. The number of ether oxygens (including phenoxy) is 1. The minimum Gasteiger partial charge on any atom is -0.363 e. The van der Waals surface area contributed by atoms with E-state index in [9.17, 15) is 9.50 Å². The first-order valence-electron chi connectivity index (χ1n) is 10.3. The Balaban J connectivity index is 1.46. The number of pyridine rings is 1. The van der Waals surface area contributed by atoms with Gasteiger partial charge in [0.25, 0.3) is 0 Å². The van der Waals surface area contributed by atoms with Crippen LogP contribution >= 0.6 is 15.9 Å². The molecule has 2 heterocycles. The highest BCUT2D eigenvalue weighted by Crippen LogP contribution is 2.57. The van der Waals surface area contributed by atoms with E-state index in [0.717, 1.165) is 40.7 Å². The maximum absolute atomic E-state index is 13.3. The summed E-state index contributed by atoms with van der Waals surface area (Å²) >= 11 is 3.42. The fraction of sp³-hybridized carbons (Fsp3) is 0.333. The zero-order valence-corrected chi connectivity index (χ0v) is 18.9. The fourth-order valence-electron chi connectivity index (χ4n) is 4.86. The average molecular weight is 484 g/mol. The molecule has 0 saturated heterocycles. The Morgan fingerprint density at radius 2 is 2.00 bits per heavy atom. The predicted molar refractivity (Wildman–Crippen MR) is 119 cm³/mol. The predicted octanol–water partition coefficient (Wildman–Crippen LogP) is 5.37. The number of fused-ring (bicyclic) bond motifs is 2. The molecule has 0 aliphatic heterocycles. The highest BCUT2D eigenvalue weighted by atomic mass is 79.9. The van der Waals surface area contributed by atoms with Crippen LogP contribution in [0.1, 0.15) is 49.9 Å². The van der Waals surface area contributed by atoms with Crippen molar-refractivity contribution in [3.05, 3.63) is 81.6 Å². The van der Waals surface area contributed by atoms with Crippen LogP contribution in [-0.2, 0) is 11.2 Å². The molecule has 2 aromatic heterocycles. The molecule has 160 valence electrons. The van der Waals surface area contributed by atoms with Gasteiger partial charge in [-0.2, -0.15) is 5.10 Å². The molecule has 0 spiro atoms. The molecule has 3 aromatic rings. The summed E-state index contributed by atoms with van der Waals surface area (Å²) in [7, 11) is 0. The summed E-state index contributed by atoms with van der Waals surface area (Å²) in [6.45, 7) is 4.27. The minimum absolute atomic E-state index is 0.266. The van der Waals surface area contributed by atoms with Crippen molar-refractivity contribution in [2.24, 2.45) is 5.41 Å². The third-order valence-corrected chi connectivity index (χ3v) is 7.42. The van der Waals surface area contributed by atoms with E-state index in [1.54, 1.807) is 24.4 Å². The molecule has 1 saturated carbocycles. The van der Waals surface area contributed by atoms with Crippen molar-refractivity contribution in [1.82, 2.24) is 14.8 Å². The molecular weight excluding hydrogens is 461 g/mol. The molecule has 2 aliphatic rings. The van der Waals surface area contributed by atoms with Crippen LogP contribution in [0.5, 0.6) is 0 Å². The topological polar surface area (TPSA) is 60.2 Å². The van der Waals surface area contributed by atoms with Crippen LogP contribution in [0.15, 0.2) is 58.8 Å². The van der Waals surface area contributed by atoms with Gasteiger partial charge in [0, 0.05) is 16.1 Å². The first-order valence-corrected chi connectivity index (χ1v) is 11.1. The third kappa shape index (κ3) is 3.35. The van der Waals surface area contributed by atoms with Gasteiger partial charge in [-0.25, -0.2) is 9.07 Å². The number of rotatable bonds is 4. The molecule has 31 heavy (non-hydrogen) atoms. The van der Waals surface area contributed by atoms with Crippen molar-refractivity contribution in [3.63, 3.8) is 0 Å². The standard InChI is InChI=1S/C24H23BrFN3O2/c1-23-13-15-14-28-29(19-5-3-18(26)4-6-19)21(15)11-16(23)7-9-24(23,2)31-22(30)20-12-17(25)8-10-27-20/h3-6,8,10-12,14,22,30H,7,9,13H2,1-2H3/t22?,23-,24-/m0/s1. The molecule has 7 heteroatoms. The number of aromatic nitrogens is 3. The molecule has 0 radical (unpaired) electrons. The number of hydrogen-bond donors (Lipinski definition) is 1. The number of halogens is 2. The number of benzene rings is 1. The van der Waals surface area contributed by atoms with Crippen molar-refractivity contribution in [1.29, 1.82) is 0 Å². The first kappa shape index (κ1) is 20.5. The smallest absolute Gasteiger partial charge is 0.199 e. The molecule has 1 fully saturated rings. The SMILES string of the molecule is C[C@]12Cc3cnn(-c4ccc(F)cc4)c3C=C1CC[C@]2(C)OC(O)c1cc(Br)ccn1. The summed E-state index contributed by atoms with van der Waals surface area (Å²) in [6, 6.07) is 9.95. The Morgan fingerprint density at radius 1 is 1.23 bits per heavy atom. The molecule has 5 rings (SSSR count). The second kappa shape index (κ2) is 7.36. The van der Waals surface area contributed by atoms with Gasteiger partial charge < -0.3 is 9.84 Å². The van der Waals surface area contributed by atoms with Gasteiger partial charge in [-0.05, 0) is 74.2 Å². The van der Waals surface area contributed by atoms with E-state index >= 15 is 0 Å². The van der Waals surface area contributed by atoms with Crippen molar-refractivity contribution in [2.45, 2.75) is 45.0 Å². The molecule has 1 unspecified atom stereocenters. The van der Waals surface area contributed by atoms with Crippen LogP contribution in [0.25, 0.3) is 11.8 Å². The zero-order valence-electron chi connectivity index (χ0n) is 17.3. The summed E-state index contributed by atoms with van der Waals surface area (Å²) in [5, 5.41) is 15.3. The molecule has 5 nitrogen and oxygen atoms in total. The maximum Gasteiger partial charge on any atom is 0.199 e. The molecule has 1 aromatic carbocycles. The lowest BCUT2D eigenvalue weighted by Crippen LogP contribution is -2.45. The molecule has 2 aliphatic carbocycles. The van der Waals surface area contributed by atoms with Gasteiger partial charge >= 0.3 is 0 Å². The Bertz CT molecular complexity index is 1180. The highest BCUT2D eigenvalue weighted by molar-refractivity contribution is 9.10. The molecular formula is C24H23BrFN3O2. The van der Waals surface area contributed by atoms with Gasteiger partial charge in [-0.15, -0.1) is 0 Å². The van der Waals surface area contributed by atoms with E-state index in [-0.39, 0.29) is 11.2 Å². The van der Waals surface area contributed by atoms with Crippen molar-refractivity contribution in [2.75, 3.05) is 0 Å². The quantitative estimate of drug-likeness (QED) is 0.506. The van der Waals surface area contributed by atoms with E-state index in [2.05, 4.69) is 45.9 Å². The van der Waals surface area contributed by atoms with Gasteiger partial charge in [-0.1, -0.05) is 28.4 Å². The zero-order chi connectivity index (χ0) is 21.8. The molecule has 3 atom stereocenters. The fourth-order valence-corrected chi connectivity index (χ4v) is 5.22. The Hall–Kier alpha value is -2.35. The van der Waals surface area contributed by atoms with E-state index < -0.39 is 11.9 Å². The molecule has 0 amide bonds. The Labute approximate surface area is 188 Å². The highest BCUT2D eigenvalue weighted by Gasteiger charge is 2.55. The molecule has 1 N–H and O–H groups in total.